The topological polar surface area (TPSA) is 21.1 Å². The lowest BCUT2D eigenvalue weighted by atomic mass is 10.4. The van der Waals surface area contributed by atoms with Crippen molar-refractivity contribution in [3.8, 4) is 0 Å². The van der Waals surface area contributed by atoms with Crippen molar-refractivity contribution in [3.63, 3.8) is 0 Å². The highest BCUT2D eigenvalue weighted by molar-refractivity contribution is 4.98. The fourth-order valence-corrected chi connectivity index (χ4v) is 0.880. The number of rotatable bonds is 2. The normalized spacial score (nSPS) is 10.8. The average Bonchev–Trinajstić information content (AvgIpc) is 2.15. The van der Waals surface area contributed by atoms with Crippen LogP contribution in [0.1, 0.15) is 5.69 Å². The van der Waals surface area contributed by atoms with Crippen LogP contribution in [0.3, 0.4) is 0 Å². The zero-order chi connectivity index (χ0) is 7.56. The minimum Gasteiger partial charge on any atom is -0.304 e. The highest BCUT2D eigenvalue weighted by Crippen LogP contribution is 1.97. The first-order valence-corrected chi connectivity index (χ1v) is 3.32. The van der Waals surface area contributed by atoms with Crippen LogP contribution >= 0.6 is 0 Å². The summed E-state index contributed by atoms with van der Waals surface area (Å²) in [5.74, 6) is 0. The summed E-state index contributed by atoms with van der Waals surface area (Å²) >= 11 is 0. The number of aryl methyl sites for hydroxylation is 1. The molecule has 3 heteroatoms. The molecular weight excluding hydrogens is 126 g/mol. The summed E-state index contributed by atoms with van der Waals surface area (Å²) in [5.41, 5.74) is 1.24. The zero-order valence-electron chi connectivity index (χ0n) is 6.70. The van der Waals surface area contributed by atoms with Gasteiger partial charge in [-0.25, -0.2) is 0 Å². The third kappa shape index (κ3) is 1.57. The molecule has 0 aliphatic carbocycles. The van der Waals surface area contributed by atoms with E-state index >= 15 is 0 Å². The standard InChI is InChI=1S/C7H13N3/c1-9(2)6-7-4-5-8-10(7)3/h4-5H,6H2,1-3H3. The molecule has 0 fully saturated rings. The Labute approximate surface area is 61.3 Å². The molecule has 56 valence electrons. The van der Waals surface area contributed by atoms with Crippen molar-refractivity contribution < 1.29 is 0 Å². The van der Waals surface area contributed by atoms with Crippen LogP contribution in [0.25, 0.3) is 0 Å². The van der Waals surface area contributed by atoms with E-state index in [-0.39, 0.29) is 0 Å². The Morgan fingerprint density at radius 3 is 2.70 bits per heavy atom. The maximum absolute atomic E-state index is 4.06. The third-order valence-corrected chi connectivity index (χ3v) is 1.40. The summed E-state index contributed by atoms with van der Waals surface area (Å²) in [5, 5.41) is 4.06. The smallest absolute Gasteiger partial charge is 0.0520 e. The van der Waals surface area contributed by atoms with Crippen LogP contribution in [0, 0.1) is 0 Å². The van der Waals surface area contributed by atoms with Gasteiger partial charge in [-0.2, -0.15) is 5.10 Å². The number of nitrogens with zero attached hydrogens (tertiary/aromatic N) is 3. The minimum absolute atomic E-state index is 0.955. The molecule has 10 heavy (non-hydrogen) atoms. The van der Waals surface area contributed by atoms with E-state index in [4.69, 9.17) is 0 Å². The van der Waals surface area contributed by atoms with E-state index in [2.05, 4.69) is 10.00 Å². The van der Waals surface area contributed by atoms with Crippen molar-refractivity contribution in [2.45, 2.75) is 6.54 Å². The highest BCUT2D eigenvalue weighted by atomic mass is 15.3. The monoisotopic (exact) mass is 139 g/mol. The molecule has 1 heterocycles. The van der Waals surface area contributed by atoms with Crippen molar-refractivity contribution in [2.75, 3.05) is 14.1 Å². The molecule has 0 saturated carbocycles. The van der Waals surface area contributed by atoms with Crippen LogP contribution in [-0.2, 0) is 13.6 Å². The Hall–Kier alpha value is -0.830. The van der Waals surface area contributed by atoms with Crippen molar-refractivity contribution in [1.82, 2.24) is 14.7 Å². The molecule has 0 N–H and O–H groups in total. The first-order valence-electron chi connectivity index (χ1n) is 3.32. The molecule has 1 rings (SSSR count). The van der Waals surface area contributed by atoms with Gasteiger partial charge in [-0.1, -0.05) is 0 Å². The van der Waals surface area contributed by atoms with Crippen LogP contribution in [0.2, 0.25) is 0 Å². The van der Waals surface area contributed by atoms with Gasteiger partial charge in [0.05, 0.1) is 5.69 Å². The Morgan fingerprint density at radius 2 is 2.30 bits per heavy atom. The van der Waals surface area contributed by atoms with E-state index in [1.807, 2.05) is 38.1 Å². The number of hydrogen-bond donors (Lipinski definition) is 0. The van der Waals surface area contributed by atoms with Crippen molar-refractivity contribution in [2.24, 2.45) is 7.05 Å². The van der Waals surface area contributed by atoms with E-state index in [0.29, 0.717) is 0 Å². The lowest BCUT2D eigenvalue weighted by Crippen LogP contribution is -2.13. The lowest BCUT2D eigenvalue weighted by molar-refractivity contribution is 0.387. The Morgan fingerprint density at radius 1 is 1.60 bits per heavy atom. The van der Waals surface area contributed by atoms with Gasteiger partial charge in [-0.3, -0.25) is 4.68 Å². The summed E-state index contributed by atoms with van der Waals surface area (Å²) in [6.45, 7) is 0.955. The molecule has 1 aromatic rings. The molecule has 0 saturated heterocycles. The Bertz CT molecular complexity index is 202. The molecule has 0 bridgehead atoms. The summed E-state index contributed by atoms with van der Waals surface area (Å²) in [6.07, 6.45) is 1.82. The van der Waals surface area contributed by atoms with Crippen LogP contribution in [0.15, 0.2) is 12.3 Å². The third-order valence-electron chi connectivity index (χ3n) is 1.40. The second kappa shape index (κ2) is 2.84. The second-order valence-corrected chi connectivity index (χ2v) is 2.68. The van der Waals surface area contributed by atoms with Crippen molar-refractivity contribution in [1.29, 1.82) is 0 Å². The maximum Gasteiger partial charge on any atom is 0.0520 e. The predicted octanol–water partition coefficient (Wildman–Crippen LogP) is 0.482. The van der Waals surface area contributed by atoms with E-state index in [1.54, 1.807) is 0 Å². The lowest BCUT2D eigenvalue weighted by Gasteiger charge is -2.08. The van der Waals surface area contributed by atoms with Gasteiger partial charge < -0.3 is 4.90 Å². The number of aromatic nitrogens is 2. The van der Waals surface area contributed by atoms with Crippen LogP contribution < -0.4 is 0 Å². The first-order chi connectivity index (χ1) is 4.70. The van der Waals surface area contributed by atoms with Gasteiger partial charge in [-0.05, 0) is 20.2 Å². The van der Waals surface area contributed by atoms with E-state index in [0.717, 1.165) is 6.54 Å². The second-order valence-electron chi connectivity index (χ2n) is 2.68. The molecule has 3 nitrogen and oxygen atoms in total. The highest BCUT2D eigenvalue weighted by Gasteiger charge is 1.97. The average molecular weight is 139 g/mol. The minimum atomic E-state index is 0.955. The zero-order valence-corrected chi connectivity index (χ0v) is 6.70. The Balaban J connectivity index is 2.65. The first kappa shape index (κ1) is 7.28. The molecule has 0 atom stereocenters. The molecule has 1 aromatic heterocycles. The van der Waals surface area contributed by atoms with Gasteiger partial charge in [0.25, 0.3) is 0 Å². The van der Waals surface area contributed by atoms with Crippen molar-refractivity contribution in [3.05, 3.63) is 18.0 Å². The predicted molar refractivity (Wildman–Crippen MR) is 40.6 cm³/mol. The summed E-state index contributed by atoms with van der Waals surface area (Å²) < 4.78 is 1.89. The maximum atomic E-state index is 4.06. The summed E-state index contributed by atoms with van der Waals surface area (Å²) in [6, 6.07) is 2.03. The van der Waals surface area contributed by atoms with Gasteiger partial charge in [0.1, 0.15) is 0 Å². The van der Waals surface area contributed by atoms with Gasteiger partial charge in [0.2, 0.25) is 0 Å². The molecule has 0 amide bonds. The van der Waals surface area contributed by atoms with Gasteiger partial charge in [0, 0.05) is 19.8 Å². The van der Waals surface area contributed by atoms with Crippen LogP contribution in [0.5, 0.6) is 0 Å². The van der Waals surface area contributed by atoms with E-state index < -0.39 is 0 Å². The molecule has 0 aliphatic heterocycles. The largest absolute Gasteiger partial charge is 0.304 e. The van der Waals surface area contributed by atoms with E-state index in [9.17, 15) is 0 Å². The van der Waals surface area contributed by atoms with Crippen LogP contribution in [0.4, 0.5) is 0 Å². The quantitative estimate of drug-likeness (QED) is 0.594. The van der Waals surface area contributed by atoms with Crippen LogP contribution in [-0.4, -0.2) is 28.8 Å². The van der Waals surface area contributed by atoms with Gasteiger partial charge in [0.15, 0.2) is 0 Å². The molecule has 0 aromatic carbocycles. The molecular formula is C7H13N3. The van der Waals surface area contributed by atoms with Gasteiger partial charge >= 0.3 is 0 Å². The molecule has 0 aliphatic rings. The fourth-order valence-electron chi connectivity index (χ4n) is 0.880. The van der Waals surface area contributed by atoms with Gasteiger partial charge in [-0.15, -0.1) is 0 Å². The summed E-state index contributed by atoms with van der Waals surface area (Å²) in [4.78, 5) is 2.12. The molecule has 0 radical (unpaired) electrons. The SMILES string of the molecule is CN(C)Cc1ccnn1C. The number of hydrogen-bond acceptors (Lipinski definition) is 2. The van der Waals surface area contributed by atoms with E-state index in [1.165, 1.54) is 5.69 Å². The Kier molecular flexibility index (Phi) is 2.06. The fraction of sp³-hybridized carbons (Fsp3) is 0.571. The molecule has 0 spiro atoms. The summed E-state index contributed by atoms with van der Waals surface area (Å²) in [7, 11) is 6.05. The van der Waals surface area contributed by atoms with Crippen molar-refractivity contribution >= 4 is 0 Å². The molecule has 0 unspecified atom stereocenters.